The molecule has 0 radical (unpaired) electrons. The molecule has 13 heavy (non-hydrogen) atoms. The van der Waals surface area contributed by atoms with E-state index in [9.17, 15) is 0 Å². The Hall–Kier alpha value is -0.0800. The molecular weight excluding hydrogens is 160 g/mol. The lowest BCUT2D eigenvalue weighted by Crippen LogP contribution is -2.34. The molecule has 2 nitrogen and oxygen atoms in total. The minimum Gasteiger partial charge on any atom is -0.326 e. The first-order valence-electron chi connectivity index (χ1n) is 5.71. The molecule has 0 bridgehead atoms. The van der Waals surface area contributed by atoms with Gasteiger partial charge in [-0.25, -0.2) is 0 Å². The molecule has 76 valence electrons. The topological polar surface area (TPSA) is 29.3 Å². The highest BCUT2D eigenvalue weighted by Crippen LogP contribution is 2.34. The monoisotopic (exact) mass is 182 g/mol. The quantitative estimate of drug-likeness (QED) is 0.665. The average Bonchev–Trinajstić information content (AvgIpc) is 2.47. The molecule has 0 amide bonds. The van der Waals surface area contributed by atoms with E-state index < -0.39 is 0 Å². The van der Waals surface area contributed by atoms with Crippen molar-refractivity contribution in [3.8, 4) is 0 Å². The largest absolute Gasteiger partial charge is 0.326 e. The fourth-order valence-electron chi connectivity index (χ4n) is 3.13. The van der Waals surface area contributed by atoms with E-state index in [-0.39, 0.29) is 0 Å². The smallest absolute Gasteiger partial charge is 0.0211 e. The van der Waals surface area contributed by atoms with Gasteiger partial charge in [0.2, 0.25) is 0 Å². The molecule has 1 saturated carbocycles. The molecule has 0 spiro atoms. The van der Waals surface area contributed by atoms with Gasteiger partial charge in [0.1, 0.15) is 0 Å². The first kappa shape index (κ1) is 9.47. The van der Waals surface area contributed by atoms with Crippen LogP contribution in [0.2, 0.25) is 0 Å². The number of nitrogens with zero attached hydrogens (tertiary/aromatic N) is 1. The Bertz CT molecular complexity index is 163. The van der Waals surface area contributed by atoms with E-state index >= 15 is 0 Å². The van der Waals surface area contributed by atoms with Gasteiger partial charge in [-0.15, -0.1) is 0 Å². The van der Waals surface area contributed by atoms with Crippen LogP contribution in [-0.4, -0.2) is 31.1 Å². The summed E-state index contributed by atoms with van der Waals surface area (Å²) in [5.74, 6) is 1.74. The molecule has 1 aliphatic heterocycles. The number of rotatable bonds is 1. The molecule has 2 atom stereocenters. The number of hydrogen-bond acceptors (Lipinski definition) is 2. The molecule has 2 fully saturated rings. The van der Waals surface area contributed by atoms with Gasteiger partial charge in [-0.1, -0.05) is 32.1 Å². The minimum atomic E-state index is 0.452. The van der Waals surface area contributed by atoms with E-state index in [1.54, 1.807) is 0 Å². The normalized spacial score (nSPS) is 38.3. The van der Waals surface area contributed by atoms with E-state index in [0.717, 1.165) is 18.4 Å². The zero-order chi connectivity index (χ0) is 9.26. The van der Waals surface area contributed by atoms with Crippen molar-refractivity contribution in [1.82, 2.24) is 4.90 Å². The van der Waals surface area contributed by atoms with Crippen LogP contribution in [-0.2, 0) is 0 Å². The van der Waals surface area contributed by atoms with Crippen LogP contribution >= 0.6 is 0 Å². The first-order valence-corrected chi connectivity index (χ1v) is 5.71. The number of hydrogen-bond donors (Lipinski definition) is 1. The lowest BCUT2D eigenvalue weighted by molar-refractivity contribution is 0.237. The molecule has 0 unspecified atom stereocenters. The molecular formula is C11H22N2. The van der Waals surface area contributed by atoms with Gasteiger partial charge in [-0.05, 0) is 18.9 Å². The molecule has 1 aliphatic carbocycles. The maximum Gasteiger partial charge on any atom is 0.0211 e. The predicted molar refractivity (Wildman–Crippen MR) is 55.5 cm³/mol. The van der Waals surface area contributed by atoms with Crippen LogP contribution in [0.3, 0.4) is 0 Å². The summed E-state index contributed by atoms with van der Waals surface area (Å²) in [5, 5.41) is 0. The van der Waals surface area contributed by atoms with E-state index in [0.29, 0.717) is 6.04 Å². The van der Waals surface area contributed by atoms with Gasteiger partial charge in [-0.2, -0.15) is 0 Å². The molecule has 2 N–H and O–H groups in total. The van der Waals surface area contributed by atoms with E-state index in [2.05, 4.69) is 11.9 Å². The van der Waals surface area contributed by atoms with Crippen molar-refractivity contribution in [2.24, 2.45) is 17.6 Å². The highest BCUT2D eigenvalue weighted by molar-refractivity contribution is 4.90. The van der Waals surface area contributed by atoms with Gasteiger partial charge in [-0.3, -0.25) is 0 Å². The first-order chi connectivity index (χ1) is 6.27. The van der Waals surface area contributed by atoms with Crippen LogP contribution in [0.15, 0.2) is 0 Å². The second kappa shape index (κ2) is 3.97. The third-order valence-electron chi connectivity index (χ3n) is 3.85. The third kappa shape index (κ3) is 2.05. The molecule has 1 saturated heterocycles. The van der Waals surface area contributed by atoms with Crippen LogP contribution < -0.4 is 5.73 Å². The van der Waals surface area contributed by atoms with Crippen molar-refractivity contribution < 1.29 is 0 Å². The molecule has 2 rings (SSSR count). The van der Waals surface area contributed by atoms with E-state index in [1.807, 2.05) is 0 Å². The van der Waals surface area contributed by atoms with Crippen LogP contribution in [0.5, 0.6) is 0 Å². The van der Waals surface area contributed by atoms with Crippen LogP contribution in [0.4, 0.5) is 0 Å². The van der Waals surface area contributed by atoms with Gasteiger partial charge in [0.25, 0.3) is 0 Å². The maximum absolute atomic E-state index is 6.16. The van der Waals surface area contributed by atoms with Crippen molar-refractivity contribution in [1.29, 1.82) is 0 Å². The standard InChI is InChI=1S/C11H22N2/c1-13-7-10(11(12)8-13)9-5-3-2-4-6-9/h9-11H,2-8,12H2,1H3/t10-,11+/m0/s1. The summed E-state index contributed by atoms with van der Waals surface area (Å²) in [5.41, 5.74) is 6.16. The molecule has 0 aromatic rings. The Labute approximate surface area is 81.5 Å². The van der Waals surface area contributed by atoms with E-state index in [4.69, 9.17) is 5.73 Å². The van der Waals surface area contributed by atoms with Crippen molar-refractivity contribution in [3.05, 3.63) is 0 Å². The Morgan fingerprint density at radius 2 is 1.77 bits per heavy atom. The summed E-state index contributed by atoms with van der Waals surface area (Å²) < 4.78 is 0. The second-order valence-electron chi connectivity index (χ2n) is 4.95. The minimum absolute atomic E-state index is 0.452. The zero-order valence-corrected chi connectivity index (χ0v) is 8.71. The summed E-state index contributed by atoms with van der Waals surface area (Å²) in [6, 6.07) is 0.452. The summed E-state index contributed by atoms with van der Waals surface area (Å²) in [6.07, 6.45) is 7.21. The van der Waals surface area contributed by atoms with Gasteiger partial charge >= 0.3 is 0 Å². The number of nitrogens with two attached hydrogens (primary N) is 1. The summed E-state index contributed by atoms with van der Waals surface area (Å²) in [4.78, 5) is 2.39. The van der Waals surface area contributed by atoms with Crippen LogP contribution in [0.25, 0.3) is 0 Å². The number of likely N-dealkylation sites (tertiary alicyclic amines) is 1. The Balaban J connectivity index is 1.91. The molecule has 0 aromatic heterocycles. The lowest BCUT2D eigenvalue weighted by Gasteiger charge is -2.29. The van der Waals surface area contributed by atoms with Gasteiger partial charge in [0.15, 0.2) is 0 Å². The van der Waals surface area contributed by atoms with Crippen LogP contribution in [0.1, 0.15) is 32.1 Å². The summed E-state index contributed by atoms with van der Waals surface area (Å²) >= 11 is 0. The fourth-order valence-corrected chi connectivity index (χ4v) is 3.13. The SMILES string of the molecule is CN1C[C@@H](N)[C@H](C2CCCCC2)C1. The Morgan fingerprint density at radius 1 is 1.08 bits per heavy atom. The molecule has 2 aliphatic rings. The third-order valence-corrected chi connectivity index (χ3v) is 3.85. The Kier molecular flexibility index (Phi) is 2.89. The lowest BCUT2D eigenvalue weighted by atomic mass is 9.78. The second-order valence-corrected chi connectivity index (χ2v) is 4.95. The summed E-state index contributed by atoms with van der Waals surface area (Å²) in [6.45, 7) is 2.35. The van der Waals surface area contributed by atoms with Crippen molar-refractivity contribution in [2.75, 3.05) is 20.1 Å². The van der Waals surface area contributed by atoms with E-state index in [1.165, 1.54) is 38.6 Å². The fraction of sp³-hybridized carbons (Fsp3) is 1.00. The van der Waals surface area contributed by atoms with Crippen LogP contribution in [0, 0.1) is 11.8 Å². The highest BCUT2D eigenvalue weighted by atomic mass is 15.1. The van der Waals surface area contributed by atoms with Crippen molar-refractivity contribution in [2.45, 2.75) is 38.1 Å². The molecule has 2 heteroatoms. The number of likely N-dealkylation sites (N-methyl/N-ethyl adjacent to an activating group) is 1. The van der Waals surface area contributed by atoms with Crippen molar-refractivity contribution in [3.63, 3.8) is 0 Å². The van der Waals surface area contributed by atoms with Gasteiger partial charge in [0, 0.05) is 19.1 Å². The van der Waals surface area contributed by atoms with Crippen molar-refractivity contribution >= 4 is 0 Å². The van der Waals surface area contributed by atoms with Gasteiger partial charge in [0.05, 0.1) is 0 Å². The predicted octanol–water partition coefficient (Wildman–Crippen LogP) is 1.46. The zero-order valence-electron chi connectivity index (χ0n) is 8.71. The Morgan fingerprint density at radius 3 is 2.31 bits per heavy atom. The molecule has 1 heterocycles. The highest BCUT2D eigenvalue weighted by Gasteiger charge is 2.34. The van der Waals surface area contributed by atoms with Gasteiger partial charge < -0.3 is 10.6 Å². The average molecular weight is 182 g/mol. The molecule has 0 aromatic carbocycles. The maximum atomic E-state index is 6.16. The summed E-state index contributed by atoms with van der Waals surface area (Å²) in [7, 11) is 2.20.